The molecule has 1 aromatic carbocycles. The van der Waals surface area contributed by atoms with E-state index in [-0.39, 0.29) is 18.0 Å². The molecule has 1 heterocycles. The number of hydrogen-bond acceptors (Lipinski definition) is 3. The number of benzene rings is 1. The summed E-state index contributed by atoms with van der Waals surface area (Å²) in [6.07, 6.45) is 3.37. The van der Waals surface area contributed by atoms with Crippen molar-refractivity contribution in [2.45, 2.75) is 73.4 Å². The van der Waals surface area contributed by atoms with E-state index in [1.54, 1.807) is 6.07 Å². The lowest BCUT2D eigenvalue weighted by atomic mass is 9.79. The van der Waals surface area contributed by atoms with E-state index in [2.05, 4.69) is 36.0 Å². The van der Waals surface area contributed by atoms with Gasteiger partial charge in [-0.2, -0.15) is 0 Å². The molecule has 0 radical (unpaired) electrons. The third-order valence-electron chi connectivity index (χ3n) is 6.75. The zero-order valence-electron chi connectivity index (χ0n) is 20.1. The van der Waals surface area contributed by atoms with Crippen LogP contribution in [0, 0.1) is 38.4 Å². The van der Waals surface area contributed by atoms with E-state index < -0.39 is 5.82 Å². The molecule has 2 aromatic rings. The summed E-state index contributed by atoms with van der Waals surface area (Å²) in [5, 5.41) is 2.82. The SMILES string of the molecule is CCN(c1cc(F)cc(C(=O)NCc2c(C)cc(C)[nH]c2=O)c1C)C1C[C@@H](C)C[C@H](C)C1. The van der Waals surface area contributed by atoms with Gasteiger partial charge in [-0.05, 0) is 88.1 Å². The molecule has 1 amide bonds. The first-order valence-electron chi connectivity index (χ1n) is 11.6. The zero-order chi connectivity index (χ0) is 23.6. The highest BCUT2D eigenvalue weighted by Gasteiger charge is 2.29. The number of hydrogen-bond donors (Lipinski definition) is 2. The number of nitrogens with one attached hydrogen (secondary N) is 2. The molecule has 0 bridgehead atoms. The maximum atomic E-state index is 14.7. The first-order chi connectivity index (χ1) is 15.1. The number of halogens is 1. The van der Waals surface area contributed by atoms with Gasteiger partial charge in [-0.15, -0.1) is 0 Å². The molecule has 32 heavy (non-hydrogen) atoms. The highest BCUT2D eigenvalue weighted by molar-refractivity contribution is 5.97. The van der Waals surface area contributed by atoms with Crippen LogP contribution in [0.1, 0.15) is 72.8 Å². The van der Waals surface area contributed by atoms with E-state index in [1.165, 1.54) is 12.5 Å². The Kier molecular flexibility index (Phi) is 7.42. The number of anilines is 1. The van der Waals surface area contributed by atoms with Crippen LogP contribution in [0.5, 0.6) is 0 Å². The van der Waals surface area contributed by atoms with Crippen LogP contribution in [-0.4, -0.2) is 23.5 Å². The molecule has 0 spiro atoms. The maximum absolute atomic E-state index is 14.7. The number of amides is 1. The fourth-order valence-corrected chi connectivity index (χ4v) is 5.35. The Hall–Kier alpha value is -2.63. The van der Waals surface area contributed by atoms with Gasteiger partial charge in [0.2, 0.25) is 0 Å². The number of carbonyl (C=O) groups is 1. The number of carbonyl (C=O) groups excluding carboxylic acids is 1. The van der Waals surface area contributed by atoms with Crippen molar-refractivity contribution >= 4 is 11.6 Å². The smallest absolute Gasteiger partial charge is 0.253 e. The van der Waals surface area contributed by atoms with E-state index in [4.69, 9.17) is 0 Å². The Morgan fingerprint density at radius 1 is 1.12 bits per heavy atom. The molecule has 3 rings (SSSR count). The van der Waals surface area contributed by atoms with Gasteiger partial charge in [-0.3, -0.25) is 9.59 Å². The topological polar surface area (TPSA) is 65.2 Å². The van der Waals surface area contributed by atoms with Gasteiger partial charge in [0.05, 0.1) is 0 Å². The maximum Gasteiger partial charge on any atom is 0.253 e. The minimum atomic E-state index is -0.421. The van der Waals surface area contributed by atoms with Crippen LogP contribution < -0.4 is 15.8 Å². The van der Waals surface area contributed by atoms with Crippen molar-refractivity contribution < 1.29 is 9.18 Å². The van der Waals surface area contributed by atoms with Crippen molar-refractivity contribution in [2.75, 3.05) is 11.4 Å². The highest BCUT2D eigenvalue weighted by atomic mass is 19.1. The molecular weight excluding hydrogens is 405 g/mol. The lowest BCUT2D eigenvalue weighted by Crippen LogP contribution is -2.41. The lowest BCUT2D eigenvalue weighted by Gasteiger charge is -2.41. The number of H-pyrrole nitrogens is 1. The van der Waals surface area contributed by atoms with Gasteiger partial charge in [0.15, 0.2) is 0 Å². The number of rotatable bonds is 6. The quantitative estimate of drug-likeness (QED) is 0.662. The van der Waals surface area contributed by atoms with Crippen LogP contribution in [0.4, 0.5) is 10.1 Å². The molecular formula is C26H36FN3O2. The molecule has 1 aliphatic carbocycles. The second-order valence-corrected chi connectivity index (χ2v) is 9.58. The zero-order valence-corrected chi connectivity index (χ0v) is 20.1. The van der Waals surface area contributed by atoms with Crippen molar-refractivity contribution in [1.29, 1.82) is 0 Å². The summed E-state index contributed by atoms with van der Waals surface area (Å²) < 4.78 is 14.7. The van der Waals surface area contributed by atoms with E-state index in [9.17, 15) is 14.0 Å². The second kappa shape index (κ2) is 9.88. The van der Waals surface area contributed by atoms with E-state index in [0.29, 0.717) is 29.0 Å². The Morgan fingerprint density at radius 3 is 2.38 bits per heavy atom. The fraction of sp³-hybridized carbons (Fsp3) is 0.538. The third-order valence-corrected chi connectivity index (χ3v) is 6.75. The lowest BCUT2D eigenvalue weighted by molar-refractivity contribution is 0.0949. The van der Waals surface area contributed by atoms with Gasteiger partial charge in [-0.1, -0.05) is 13.8 Å². The Balaban J connectivity index is 1.87. The summed E-state index contributed by atoms with van der Waals surface area (Å²) in [6.45, 7) is 13.0. The van der Waals surface area contributed by atoms with Crippen LogP contribution in [0.2, 0.25) is 0 Å². The summed E-state index contributed by atoms with van der Waals surface area (Å²) in [6, 6.07) is 5.05. The highest BCUT2D eigenvalue weighted by Crippen LogP contribution is 2.36. The van der Waals surface area contributed by atoms with Crippen molar-refractivity contribution in [2.24, 2.45) is 11.8 Å². The Bertz CT molecular complexity index is 1040. The summed E-state index contributed by atoms with van der Waals surface area (Å²) in [4.78, 5) is 30.3. The summed E-state index contributed by atoms with van der Waals surface area (Å²) in [7, 11) is 0. The first kappa shape index (κ1) is 24.0. The average Bonchev–Trinajstić information content (AvgIpc) is 2.69. The molecule has 0 saturated heterocycles. The van der Waals surface area contributed by atoms with Crippen molar-refractivity contribution in [3.8, 4) is 0 Å². The van der Waals surface area contributed by atoms with Crippen LogP contribution in [0.25, 0.3) is 0 Å². The molecule has 1 fully saturated rings. The molecule has 5 nitrogen and oxygen atoms in total. The number of pyridine rings is 1. The molecule has 174 valence electrons. The molecule has 6 heteroatoms. The summed E-state index contributed by atoms with van der Waals surface area (Å²) in [5.41, 5.74) is 3.77. The van der Waals surface area contributed by atoms with Crippen molar-refractivity contribution in [1.82, 2.24) is 10.3 Å². The molecule has 1 aromatic heterocycles. The van der Waals surface area contributed by atoms with Crippen LogP contribution >= 0.6 is 0 Å². The number of aryl methyl sites for hydroxylation is 2. The summed E-state index contributed by atoms with van der Waals surface area (Å²) in [5.74, 6) is 0.468. The largest absolute Gasteiger partial charge is 0.368 e. The van der Waals surface area contributed by atoms with E-state index >= 15 is 0 Å². The first-order valence-corrected chi connectivity index (χ1v) is 11.6. The molecule has 2 N–H and O–H groups in total. The Morgan fingerprint density at radius 2 is 1.78 bits per heavy atom. The van der Waals surface area contributed by atoms with Crippen LogP contribution in [0.15, 0.2) is 23.0 Å². The summed E-state index contributed by atoms with van der Waals surface area (Å²) >= 11 is 0. The van der Waals surface area contributed by atoms with Gasteiger partial charge in [-0.25, -0.2) is 4.39 Å². The molecule has 0 unspecified atom stereocenters. The van der Waals surface area contributed by atoms with Crippen LogP contribution in [0.3, 0.4) is 0 Å². The van der Waals surface area contributed by atoms with E-state index in [1.807, 2.05) is 26.8 Å². The normalized spacial score (nSPS) is 20.8. The standard InChI is InChI=1S/C26H36FN3O2/c1-7-30(21-9-15(2)8-16(3)10-21)24-13-20(27)12-22(19(24)6)25(31)28-14-23-17(4)11-18(5)29-26(23)32/h11-13,15-16,21H,7-10,14H2,1-6H3,(H,28,31)(H,29,32)/t15-,16-/m0/s1. The third kappa shape index (κ3) is 5.22. The number of nitrogens with zero attached hydrogens (tertiary/aromatic N) is 1. The average molecular weight is 442 g/mol. The van der Waals surface area contributed by atoms with Gasteiger partial charge >= 0.3 is 0 Å². The minimum absolute atomic E-state index is 0.0979. The van der Waals surface area contributed by atoms with Gasteiger partial charge in [0, 0.05) is 41.6 Å². The predicted molar refractivity (Wildman–Crippen MR) is 128 cm³/mol. The van der Waals surface area contributed by atoms with Crippen LogP contribution in [-0.2, 0) is 6.54 Å². The second-order valence-electron chi connectivity index (χ2n) is 9.58. The molecule has 1 aliphatic rings. The molecule has 0 aliphatic heterocycles. The van der Waals surface area contributed by atoms with Crippen molar-refractivity contribution in [3.05, 3.63) is 62.3 Å². The number of aromatic amines is 1. The Labute approximate surface area is 190 Å². The van der Waals surface area contributed by atoms with Crippen molar-refractivity contribution in [3.63, 3.8) is 0 Å². The molecule has 2 atom stereocenters. The fourth-order valence-electron chi connectivity index (χ4n) is 5.35. The van der Waals surface area contributed by atoms with E-state index in [0.717, 1.165) is 41.9 Å². The minimum Gasteiger partial charge on any atom is -0.368 e. The van der Waals surface area contributed by atoms with Gasteiger partial charge in [0.1, 0.15) is 5.82 Å². The monoisotopic (exact) mass is 441 g/mol. The molecule has 1 saturated carbocycles. The van der Waals surface area contributed by atoms with Gasteiger partial charge in [0.25, 0.3) is 11.5 Å². The van der Waals surface area contributed by atoms with Gasteiger partial charge < -0.3 is 15.2 Å². The number of aromatic nitrogens is 1. The predicted octanol–water partition coefficient (Wildman–Crippen LogP) is 5.02.